The van der Waals surface area contributed by atoms with Crippen molar-refractivity contribution in [1.82, 2.24) is 19.6 Å². The van der Waals surface area contributed by atoms with Gasteiger partial charge in [0.05, 0.1) is 11.1 Å². The molecule has 25 heavy (non-hydrogen) atoms. The average Bonchev–Trinajstić information content (AvgIpc) is 2.93. The minimum absolute atomic E-state index is 0.0762. The van der Waals surface area contributed by atoms with E-state index >= 15 is 0 Å². The molecule has 1 amide bonds. The molecule has 134 valence electrons. The third-order valence-electron chi connectivity index (χ3n) is 4.61. The average molecular weight is 361 g/mol. The van der Waals surface area contributed by atoms with Crippen LogP contribution >= 0.6 is 11.6 Å². The summed E-state index contributed by atoms with van der Waals surface area (Å²) in [5.41, 5.74) is 2.80. The van der Waals surface area contributed by atoms with E-state index in [-0.39, 0.29) is 11.9 Å². The van der Waals surface area contributed by atoms with E-state index in [2.05, 4.69) is 48.4 Å². The summed E-state index contributed by atoms with van der Waals surface area (Å²) in [6.45, 7) is 1.66. The lowest BCUT2D eigenvalue weighted by atomic mass is 9.94. The first kappa shape index (κ1) is 18.0. The molecule has 3 rings (SSSR count). The van der Waals surface area contributed by atoms with Gasteiger partial charge in [-0.3, -0.25) is 9.48 Å². The molecule has 1 fully saturated rings. The van der Waals surface area contributed by atoms with Crippen LogP contribution in [0.4, 0.5) is 0 Å². The molecule has 1 unspecified atom stereocenters. The molecule has 0 saturated carbocycles. The van der Waals surface area contributed by atoms with Crippen LogP contribution in [0.25, 0.3) is 0 Å². The number of amides is 1. The number of hydrogen-bond donors (Lipinski definition) is 0. The molecule has 1 aliphatic rings. The second-order valence-corrected chi connectivity index (χ2v) is 7.40. The van der Waals surface area contributed by atoms with Gasteiger partial charge < -0.3 is 9.80 Å². The molecular formula is C19H25ClN4O. The lowest BCUT2D eigenvalue weighted by molar-refractivity contribution is 0.0605. The number of halogens is 1. The molecule has 2 aromatic rings. The second-order valence-electron chi connectivity index (χ2n) is 6.99. The number of nitrogens with zero attached hydrogens (tertiary/aromatic N) is 4. The molecule has 0 bridgehead atoms. The highest BCUT2D eigenvalue weighted by molar-refractivity contribution is 6.33. The summed E-state index contributed by atoms with van der Waals surface area (Å²) >= 11 is 6.19. The highest BCUT2D eigenvalue weighted by atomic mass is 35.5. The van der Waals surface area contributed by atoms with Crippen molar-refractivity contribution in [3.05, 3.63) is 52.3 Å². The van der Waals surface area contributed by atoms with Crippen molar-refractivity contribution in [2.45, 2.75) is 31.8 Å². The Morgan fingerprint density at radius 1 is 1.28 bits per heavy atom. The quantitative estimate of drug-likeness (QED) is 0.837. The second kappa shape index (κ2) is 7.58. The predicted molar refractivity (Wildman–Crippen MR) is 99.7 cm³/mol. The van der Waals surface area contributed by atoms with Gasteiger partial charge >= 0.3 is 0 Å². The number of carbonyl (C=O) groups excluding carboxylic acids is 1. The minimum Gasteiger partial charge on any atom is -0.330 e. The maximum absolute atomic E-state index is 13.0. The number of likely N-dealkylation sites (tertiary alicyclic amines) is 1. The molecule has 2 heterocycles. The highest BCUT2D eigenvalue weighted by Crippen LogP contribution is 2.33. The van der Waals surface area contributed by atoms with Gasteiger partial charge in [0.1, 0.15) is 0 Å². The summed E-state index contributed by atoms with van der Waals surface area (Å²) in [6, 6.07) is 8.69. The summed E-state index contributed by atoms with van der Waals surface area (Å²) < 4.78 is 1.59. The molecule has 1 aromatic heterocycles. The molecule has 1 aliphatic heterocycles. The SMILES string of the molecule is CN(C)Cc1ccc(C2CCCCN2C(=O)c2nn(C)cc2Cl)cc1. The third-order valence-corrected chi connectivity index (χ3v) is 4.89. The van der Waals surface area contributed by atoms with E-state index in [4.69, 9.17) is 11.6 Å². The predicted octanol–water partition coefficient (Wildman–Crippen LogP) is 3.50. The van der Waals surface area contributed by atoms with E-state index in [1.54, 1.807) is 17.9 Å². The van der Waals surface area contributed by atoms with Crippen LogP contribution in [0.3, 0.4) is 0 Å². The third kappa shape index (κ3) is 4.05. The molecule has 1 saturated heterocycles. The summed E-state index contributed by atoms with van der Waals surface area (Å²) in [4.78, 5) is 17.1. The van der Waals surface area contributed by atoms with Crippen LogP contribution in [0.1, 0.15) is 46.9 Å². The first-order valence-electron chi connectivity index (χ1n) is 8.69. The van der Waals surface area contributed by atoms with E-state index in [0.717, 1.165) is 32.4 Å². The zero-order valence-corrected chi connectivity index (χ0v) is 15.8. The van der Waals surface area contributed by atoms with Crippen molar-refractivity contribution >= 4 is 17.5 Å². The molecular weight excluding hydrogens is 336 g/mol. The van der Waals surface area contributed by atoms with Gasteiger partial charge in [-0.05, 0) is 44.5 Å². The fraction of sp³-hybridized carbons (Fsp3) is 0.474. The van der Waals surface area contributed by atoms with Crippen LogP contribution in [0.15, 0.2) is 30.5 Å². The van der Waals surface area contributed by atoms with Gasteiger partial charge in [-0.25, -0.2) is 0 Å². The number of piperidine rings is 1. The molecule has 0 aliphatic carbocycles. The summed E-state index contributed by atoms with van der Waals surface area (Å²) in [6.07, 6.45) is 4.79. The minimum atomic E-state index is -0.0762. The van der Waals surface area contributed by atoms with Gasteiger partial charge in [0, 0.05) is 26.3 Å². The van der Waals surface area contributed by atoms with Crippen molar-refractivity contribution in [2.24, 2.45) is 7.05 Å². The Morgan fingerprint density at radius 3 is 2.60 bits per heavy atom. The normalized spacial score (nSPS) is 18.0. The van der Waals surface area contributed by atoms with Crippen molar-refractivity contribution in [2.75, 3.05) is 20.6 Å². The van der Waals surface area contributed by atoms with Crippen LogP contribution in [-0.2, 0) is 13.6 Å². The van der Waals surface area contributed by atoms with Crippen LogP contribution in [0.2, 0.25) is 5.02 Å². The molecule has 1 aromatic carbocycles. The van der Waals surface area contributed by atoms with E-state index < -0.39 is 0 Å². The fourth-order valence-electron chi connectivity index (χ4n) is 3.47. The molecule has 0 spiro atoms. The number of carbonyl (C=O) groups is 1. The fourth-order valence-corrected chi connectivity index (χ4v) is 3.73. The van der Waals surface area contributed by atoms with Gasteiger partial charge in [0.25, 0.3) is 5.91 Å². The summed E-state index contributed by atoms with van der Waals surface area (Å²) in [5, 5.41) is 4.66. The first-order valence-corrected chi connectivity index (χ1v) is 9.07. The number of aryl methyl sites for hydroxylation is 1. The smallest absolute Gasteiger partial charge is 0.276 e. The Bertz CT molecular complexity index is 738. The number of hydrogen-bond acceptors (Lipinski definition) is 3. The number of benzene rings is 1. The molecule has 0 radical (unpaired) electrons. The van der Waals surface area contributed by atoms with Crippen molar-refractivity contribution in [1.29, 1.82) is 0 Å². The van der Waals surface area contributed by atoms with Gasteiger partial charge in [0.15, 0.2) is 5.69 Å². The highest BCUT2D eigenvalue weighted by Gasteiger charge is 2.31. The molecule has 6 heteroatoms. The van der Waals surface area contributed by atoms with E-state index in [1.807, 2.05) is 4.90 Å². The van der Waals surface area contributed by atoms with Crippen molar-refractivity contribution in [3.63, 3.8) is 0 Å². The van der Waals surface area contributed by atoms with Gasteiger partial charge in [-0.2, -0.15) is 5.10 Å². The zero-order valence-electron chi connectivity index (χ0n) is 15.1. The van der Waals surface area contributed by atoms with E-state index in [0.29, 0.717) is 10.7 Å². The lowest BCUT2D eigenvalue weighted by Crippen LogP contribution is -2.38. The number of rotatable bonds is 4. The summed E-state index contributed by atoms with van der Waals surface area (Å²) in [5.74, 6) is -0.0762. The van der Waals surface area contributed by atoms with Crippen LogP contribution in [-0.4, -0.2) is 46.1 Å². The molecule has 5 nitrogen and oxygen atoms in total. The molecule has 1 atom stereocenters. The van der Waals surface area contributed by atoms with Gasteiger partial charge in [-0.15, -0.1) is 0 Å². The monoisotopic (exact) mass is 360 g/mol. The Balaban J connectivity index is 1.83. The van der Waals surface area contributed by atoms with Gasteiger partial charge in [0.2, 0.25) is 0 Å². The van der Waals surface area contributed by atoms with Crippen LogP contribution in [0.5, 0.6) is 0 Å². The maximum atomic E-state index is 13.0. The standard InChI is InChI=1S/C19H25ClN4O/c1-22(2)12-14-7-9-15(10-8-14)17-6-4-5-11-24(17)19(25)18-16(20)13-23(3)21-18/h7-10,13,17H,4-6,11-12H2,1-3H3. The van der Waals surface area contributed by atoms with Crippen LogP contribution in [0, 0.1) is 0 Å². The Kier molecular flexibility index (Phi) is 5.45. The summed E-state index contributed by atoms with van der Waals surface area (Å²) in [7, 11) is 5.90. The lowest BCUT2D eigenvalue weighted by Gasteiger charge is -2.36. The van der Waals surface area contributed by atoms with Crippen molar-refractivity contribution in [3.8, 4) is 0 Å². The largest absolute Gasteiger partial charge is 0.330 e. The van der Waals surface area contributed by atoms with E-state index in [9.17, 15) is 4.79 Å². The van der Waals surface area contributed by atoms with Crippen molar-refractivity contribution < 1.29 is 4.79 Å². The Labute approximate surface area is 154 Å². The molecule has 0 N–H and O–H groups in total. The topological polar surface area (TPSA) is 41.4 Å². The van der Waals surface area contributed by atoms with E-state index in [1.165, 1.54) is 11.1 Å². The number of aromatic nitrogens is 2. The van der Waals surface area contributed by atoms with Crippen LogP contribution < -0.4 is 0 Å². The Morgan fingerprint density at radius 2 is 2.00 bits per heavy atom. The Hall–Kier alpha value is -1.85. The first-order chi connectivity index (χ1) is 12.0. The van der Waals surface area contributed by atoms with Gasteiger partial charge in [-0.1, -0.05) is 35.9 Å². The zero-order chi connectivity index (χ0) is 18.0. The maximum Gasteiger partial charge on any atom is 0.276 e.